The van der Waals surface area contributed by atoms with Gasteiger partial charge in [0, 0.05) is 11.3 Å². The SMILES string of the molecule is COC(=O)C1=C(C)Nc2[nH]c(=S)[nH]c(=O)c2C1c1cc(OC)ccc1OC. The Bertz CT molecular complexity index is 1050. The highest BCUT2D eigenvalue weighted by Gasteiger charge is 2.37. The second kappa shape index (κ2) is 7.28. The van der Waals surface area contributed by atoms with Crippen LogP contribution in [0.25, 0.3) is 0 Å². The van der Waals surface area contributed by atoms with Crippen LogP contribution in [0.5, 0.6) is 11.5 Å². The molecule has 9 heteroatoms. The average Bonchev–Trinajstić information content (AvgIpc) is 2.65. The quantitative estimate of drug-likeness (QED) is 0.545. The molecule has 0 spiro atoms. The molecule has 3 rings (SSSR count). The van der Waals surface area contributed by atoms with Crippen molar-refractivity contribution in [2.24, 2.45) is 0 Å². The van der Waals surface area contributed by atoms with Crippen molar-refractivity contribution in [1.82, 2.24) is 9.97 Å². The summed E-state index contributed by atoms with van der Waals surface area (Å²) >= 11 is 5.07. The number of carbonyl (C=O) groups excluding carboxylic acids is 1. The number of aromatic nitrogens is 2. The number of allylic oxidation sites excluding steroid dienone is 1. The summed E-state index contributed by atoms with van der Waals surface area (Å²) in [5.41, 5.74) is 1.33. The molecule has 0 aliphatic carbocycles. The Kier molecular flexibility index (Phi) is 5.04. The molecule has 0 radical (unpaired) electrons. The van der Waals surface area contributed by atoms with Crippen LogP contribution in [0, 0.1) is 4.77 Å². The monoisotopic (exact) mass is 389 g/mol. The Hall–Kier alpha value is -3.07. The number of methoxy groups -OCH3 is 3. The minimum absolute atomic E-state index is 0.178. The Balaban J connectivity index is 2.39. The number of hydrogen-bond acceptors (Lipinski definition) is 7. The lowest BCUT2D eigenvalue weighted by Gasteiger charge is -2.29. The van der Waals surface area contributed by atoms with Crippen molar-refractivity contribution in [1.29, 1.82) is 0 Å². The number of nitrogens with one attached hydrogen (secondary N) is 3. The van der Waals surface area contributed by atoms with Crippen LogP contribution in [0.3, 0.4) is 0 Å². The van der Waals surface area contributed by atoms with Crippen molar-refractivity contribution in [2.75, 3.05) is 26.6 Å². The lowest BCUT2D eigenvalue weighted by molar-refractivity contribution is -0.136. The fourth-order valence-corrected chi connectivity index (χ4v) is 3.44. The first kappa shape index (κ1) is 18.7. The first-order chi connectivity index (χ1) is 12.9. The van der Waals surface area contributed by atoms with Crippen molar-refractivity contribution in [2.45, 2.75) is 12.8 Å². The molecule has 2 aromatic rings. The smallest absolute Gasteiger partial charge is 0.336 e. The first-order valence-corrected chi connectivity index (χ1v) is 8.46. The fraction of sp³-hybridized carbons (Fsp3) is 0.278. The van der Waals surface area contributed by atoms with Gasteiger partial charge in [-0.3, -0.25) is 9.78 Å². The summed E-state index contributed by atoms with van der Waals surface area (Å²) in [6.45, 7) is 1.73. The van der Waals surface area contributed by atoms with Crippen LogP contribution in [-0.2, 0) is 9.53 Å². The van der Waals surface area contributed by atoms with Crippen molar-refractivity contribution < 1.29 is 19.0 Å². The minimum Gasteiger partial charge on any atom is -0.497 e. The van der Waals surface area contributed by atoms with Crippen molar-refractivity contribution in [3.8, 4) is 11.5 Å². The molecule has 142 valence electrons. The number of carbonyl (C=O) groups is 1. The van der Waals surface area contributed by atoms with E-state index in [0.29, 0.717) is 39.7 Å². The molecule has 27 heavy (non-hydrogen) atoms. The number of anilines is 1. The normalized spacial score (nSPS) is 15.6. The highest BCUT2D eigenvalue weighted by atomic mass is 32.1. The van der Waals surface area contributed by atoms with Gasteiger partial charge in [0.1, 0.15) is 17.3 Å². The van der Waals surface area contributed by atoms with Crippen LogP contribution in [0.2, 0.25) is 0 Å². The molecule has 1 aliphatic heterocycles. The van der Waals surface area contributed by atoms with E-state index in [1.54, 1.807) is 25.1 Å². The third-order valence-corrected chi connectivity index (χ3v) is 4.63. The topological polar surface area (TPSA) is 105 Å². The zero-order valence-electron chi connectivity index (χ0n) is 15.3. The fourth-order valence-electron chi connectivity index (χ4n) is 3.24. The number of benzene rings is 1. The molecule has 0 amide bonds. The molecule has 1 aliphatic rings. The lowest BCUT2D eigenvalue weighted by atomic mass is 9.81. The van der Waals surface area contributed by atoms with Crippen molar-refractivity contribution in [3.63, 3.8) is 0 Å². The van der Waals surface area contributed by atoms with Crippen LogP contribution >= 0.6 is 12.2 Å². The summed E-state index contributed by atoms with van der Waals surface area (Å²) in [6, 6.07) is 5.19. The molecule has 1 unspecified atom stereocenters. The third-order valence-electron chi connectivity index (χ3n) is 4.43. The number of fused-ring (bicyclic) bond motifs is 1. The van der Waals surface area contributed by atoms with Gasteiger partial charge in [0.25, 0.3) is 5.56 Å². The lowest BCUT2D eigenvalue weighted by Crippen LogP contribution is -2.30. The number of ether oxygens (including phenoxy) is 3. The summed E-state index contributed by atoms with van der Waals surface area (Å²) in [7, 11) is 4.35. The summed E-state index contributed by atoms with van der Waals surface area (Å²) in [4.78, 5) is 30.8. The van der Waals surface area contributed by atoms with Crippen LogP contribution < -0.4 is 20.3 Å². The molecule has 1 aromatic carbocycles. The Morgan fingerprint density at radius 2 is 1.89 bits per heavy atom. The van der Waals surface area contributed by atoms with Crippen LogP contribution in [0.15, 0.2) is 34.3 Å². The molecule has 0 bridgehead atoms. The van der Waals surface area contributed by atoms with E-state index in [-0.39, 0.29) is 4.77 Å². The summed E-state index contributed by atoms with van der Waals surface area (Å²) in [5.74, 6) is 0.193. The molecular formula is C18H19N3O5S. The maximum absolute atomic E-state index is 12.8. The Morgan fingerprint density at radius 3 is 2.52 bits per heavy atom. The molecule has 8 nitrogen and oxygen atoms in total. The van der Waals surface area contributed by atoms with Gasteiger partial charge in [0.2, 0.25) is 0 Å². The van der Waals surface area contributed by atoms with E-state index >= 15 is 0 Å². The zero-order chi connectivity index (χ0) is 19.7. The number of esters is 1. The molecular weight excluding hydrogens is 370 g/mol. The highest BCUT2D eigenvalue weighted by molar-refractivity contribution is 7.71. The minimum atomic E-state index is -0.741. The maximum Gasteiger partial charge on any atom is 0.336 e. The van der Waals surface area contributed by atoms with Gasteiger partial charge in [-0.15, -0.1) is 0 Å². The number of hydrogen-bond donors (Lipinski definition) is 3. The van der Waals surface area contributed by atoms with E-state index in [0.717, 1.165) is 0 Å². The Labute approximate surface area is 160 Å². The van der Waals surface area contributed by atoms with E-state index in [4.69, 9.17) is 26.4 Å². The average molecular weight is 389 g/mol. The van der Waals surface area contributed by atoms with Crippen LogP contribution in [0.1, 0.15) is 24.0 Å². The molecule has 1 aromatic heterocycles. The predicted molar refractivity (Wildman–Crippen MR) is 102 cm³/mol. The predicted octanol–water partition coefficient (Wildman–Crippen LogP) is 2.45. The number of rotatable bonds is 4. The van der Waals surface area contributed by atoms with Crippen LogP contribution in [-0.4, -0.2) is 37.3 Å². The second-order valence-corrected chi connectivity index (χ2v) is 6.30. The first-order valence-electron chi connectivity index (χ1n) is 8.05. The number of H-pyrrole nitrogens is 2. The molecule has 1 atom stereocenters. The van der Waals surface area contributed by atoms with E-state index < -0.39 is 17.4 Å². The summed E-state index contributed by atoms with van der Waals surface area (Å²) in [5, 5.41) is 3.04. The van der Waals surface area contributed by atoms with E-state index in [9.17, 15) is 9.59 Å². The van der Waals surface area contributed by atoms with Gasteiger partial charge in [-0.25, -0.2) is 4.79 Å². The summed E-state index contributed by atoms with van der Waals surface area (Å²) in [6.07, 6.45) is 0. The maximum atomic E-state index is 12.8. The van der Waals surface area contributed by atoms with Gasteiger partial charge in [-0.2, -0.15) is 0 Å². The van der Waals surface area contributed by atoms with Gasteiger partial charge < -0.3 is 24.5 Å². The molecule has 0 saturated carbocycles. The second-order valence-electron chi connectivity index (χ2n) is 5.89. The van der Waals surface area contributed by atoms with Gasteiger partial charge >= 0.3 is 5.97 Å². The molecule has 0 fully saturated rings. The molecule has 2 heterocycles. The van der Waals surface area contributed by atoms with E-state index in [1.165, 1.54) is 21.3 Å². The summed E-state index contributed by atoms with van der Waals surface area (Å²) < 4.78 is 15.9. The van der Waals surface area contributed by atoms with E-state index in [2.05, 4.69) is 15.3 Å². The van der Waals surface area contributed by atoms with Crippen molar-refractivity contribution in [3.05, 3.63) is 55.7 Å². The van der Waals surface area contributed by atoms with E-state index in [1.807, 2.05) is 0 Å². The Morgan fingerprint density at radius 1 is 1.15 bits per heavy atom. The van der Waals surface area contributed by atoms with Gasteiger partial charge in [-0.05, 0) is 37.3 Å². The van der Waals surface area contributed by atoms with Gasteiger partial charge in [0.15, 0.2) is 4.77 Å². The standard InChI is InChI=1S/C18H19N3O5S/c1-8-12(17(23)26-4)13(10-7-9(24-2)5-6-11(10)25-3)14-15(19-8)20-18(27)21-16(14)22/h5-7,13H,1-4H3,(H3,19,20,21,22,27). The molecule has 3 N–H and O–H groups in total. The number of aromatic amines is 2. The van der Waals surface area contributed by atoms with Gasteiger partial charge in [0.05, 0.1) is 38.4 Å². The molecule has 0 saturated heterocycles. The van der Waals surface area contributed by atoms with Crippen LogP contribution in [0.4, 0.5) is 5.82 Å². The van der Waals surface area contributed by atoms with Gasteiger partial charge in [-0.1, -0.05) is 0 Å². The van der Waals surface area contributed by atoms with Crippen molar-refractivity contribution >= 4 is 24.0 Å². The highest BCUT2D eigenvalue weighted by Crippen LogP contribution is 2.43. The largest absolute Gasteiger partial charge is 0.497 e. The third kappa shape index (κ3) is 3.21. The zero-order valence-corrected chi connectivity index (χ0v) is 16.1.